The number of nitrogens with one attached hydrogen (secondary N) is 1. The molecule has 1 aliphatic rings. The molecule has 2 aromatic carbocycles. The number of ether oxygens (including phenoxy) is 1. The highest BCUT2D eigenvalue weighted by atomic mass is 19.4. The Hall–Kier alpha value is -5.64. The van der Waals surface area contributed by atoms with Gasteiger partial charge in [0.2, 0.25) is 11.9 Å². The maximum Gasteiger partial charge on any atom is 0.417 e. The largest absolute Gasteiger partial charge is 0.443 e. The van der Waals surface area contributed by atoms with E-state index in [0.29, 0.717) is 45.7 Å². The number of hydrogen-bond acceptors (Lipinski definition) is 7. The predicted octanol–water partition coefficient (Wildman–Crippen LogP) is 5.60. The molecule has 242 valence electrons. The van der Waals surface area contributed by atoms with Crippen molar-refractivity contribution in [3.63, 3.8) is 0 Å². The van der Waals surface area contributed by atoms with Crippen LogP contribution < -0.4 is 11.1 Å². The zero-order valence-corrected chi connectivity index (χ0v) is 26.0. The molecule has 0 atom stereocenters. The molecule has 4 aromatic rings. The van der Waals surface area contributed by atoms with Crippen LogP contribution in [0.5, 0.6) is 0 Å². The standard InChI is InChI=1S/C34H31F3N6O4/c1-33(2,3)47-32(46)43-15-14-26-25(30(43)45)18-27(42(26)4)29-22(19-39-31(38)41-29)11-8-20-6-5-7-24(16-20)40-28(44)17-21-9-12-23(13-10-21)34(35,36)37/h5-7,9-10,12-13,16,18-19H,14-15,17H2,1-4H3,(H,40,44)(H2,38,39,41). The maximum absolute atomic E-state index is 13.3. The first kappa shape index (κ1) is 32.7. The number of aromatic nitrogens is 3. The van der Waals surface area contributed by atoms with Crippen LogP contribution in [-0.2, 0) is 35.6 Å². The van der Waals surface area contributed by atoms with Crippen molar-refractivity contribution in [3.8, 4) is 23.2 Å². The van der Waals surface area contributed by atoms with Gasteiger partial charge in [0.05, 0.1) is 28.8 Å². The van der Waals surface area contributed by atoms with Crippen LogP contribution in [0.4, 0.5) is 29.6 Å². The molecule has 5 rings (SSSR count). The zero-order chi connectivity index (χ0) is 34.1. The molecule has 3 heterocycles. The second-order valence-corrected chi connectivity index (χ2v) is 11.9. The highest BCUT2D eigenvalue weighted by Crippen LogP contribution is 2.31. The summed E-state index contributed by atoms with van der Waals surface area (Å²) in [5, 5.41) is 2.74. The van der Waals surface area contributed by atoms with Gasteiger partial charge in [0.25, 0.3) is 5.91 Å². The van der Waals surface area contributed by atoms with Crippen LogP contribution in [0.2, 0.25) is 0 Å². The van der Waals surface area contributed by atoms with Gasteiger partial charge in [-0.25, -0.2) is 19.7 Å². The number of imide groups is 1. The van der Waals surface area contributed by atoms with Crippen LogP contribution in [0.1, 0.15) is 59.1 Å². The van der Waals surface area contributed by atoms with E-state index in [4.69, 9.17) is 10.5 Å². The Morgan fingerprint density at radius 3 is 2.47 bits per heavy atom. The molecule has 1 aliphatic heterocycles. The Kier molecular flexibility index (Phi) is 8.80. The van der Waals surface area contributed by atoms with Gasteiger partial charge in [-0.15, -0.1) is 0 Å². The van der Waals surface area contributed by atoms with Crippen molar-refractivity contribution in [1.29, 1.82) is 0 Å². The topological polar surface area (TPSA) is 132 Å². The van der Waals surface area contributed by atoms with Crippen LogP contribution in [0, 0.1) is 11.8 Å². The van der Waals surface area contributed by atoms with E-state index in [-0.39, 0.29) is 18.9 Å². The van der Waals surface area contributed by atoms with E-state index in [1.807, 2.05) is 4.57 Å². The van der Waals surface area contributed by atoms with Gasteiger partial charge in [0.15, 0.2) is 0 Å². The van der Waals surface area contributed by atoms with Gasteiger partial charge >= 0.3 is 12.3 Å². The molecule has 13 heteroatoms. The van der Waals surface area contributed by atoms with Gasteiger partial charge in [-0.2, -0.15) is 13.2 Å². The Labute approximate surface area is 268 Å². The van der Waals surface area contributed by atoms with E-state index >= 15 is 0 Å². The van der Waals surface area contributed by atoms with E-state index in [0.717, 1.165) is 22.7 Å². The minimum Gasteiger partial charge on any atom is -0.443 e. The van der Waals surface area contributed by atoms with E-state index in [2.05, 4.69) is 27.1 Å². The maximum atomic E-state index is 13.3. The van der Waals surface area contributed by atoms with Gasteiger partial charge in [-0.05, 0) is 62.7 Å². The van der Waals surface area contributed by atoms with Crippen molar-refractivity contribution in [2.75, 3.05) is 17.6 Å². The van der Waals surface area contributed by atoms with Crippen LogP contribution in [0.25, 0.3) is 11.4 Å². The number of amides is 3. The summed E-state index contributed by atoms with van der Waals surface area (Å²) >= 11 is 0. The molecular formula is C34H31F3N6O4. The van der Waals surface area contributed by atoms with Crippen molar-refractivity contribution in [2.45, 2.75) is 45.4 Å². The van der Waals surface area contributed by atoms with Gasteiger partial charge < -0.3 is 20.4 Å². The number of halogens is 3. The van der Waals surface area contributed by atoms with Gasteiger partial charge in [0, 0.05) is 43.2 Å². The van der Waals surface area contributed by atoms with Crippen molar-refractivity contribution in [1.82, 2.24) is 19.4 Å². The number of carbonyl (C=O) groups excluding carboxylic acids is 3. The lowest BCUT2D eigenvalue weighted by Gasteiger charge is -2.28. The number of hydrogen-bond donors (Lipinski definition) is 2. The second kappa shape index (κ2) is 12.6. The number of nitrogen functional groups attached to an aromatic ring is 1. The molecule has 0 saturated carbocycles. The molecule has 0 fully saturated rings. The van der Waals surface area contributed by atoms with Crippen molar-refractivity contribution < 1.29 is 32.3 Å². The first-order chi connectivity index (χ1) is 22.1. The number of alkyl halides is 3. The molecular weight excluding hydrogens is 613 g/mol. The quantitative estimate of drug-likeness (QED) is 0.277. The summed E-state index contributed by atoms with van der Waals surface area (Å²) in [6.45, 7) is 5.35. The molecule has 2 aromatic heterocycles. The number of carbonyl (C=O) groups is 3. The SMILES string of the molecule is Cn1c(-c2nc(N)ncc2C#Cc2cccc(NC(=O)Cc3ccc(C(F)(F)F)cc3)c2)cc2c1CCN(C(=O)OC(C)(C)C)C2=O. The van der Waals surface area contributed by atoms with Crippen molar-refractivity contribution in [3.05, 3.63) is 94.3 Å². The lowest BCUT2D eigenvalue weighted by molar-refractivity contribution is -0.137. The first-order valence-electron chi connectivity index (χ1n) is 14.5. The third-order valence-electron chi connectivity index (χ3n) is 7.20. The fourth-order valence-corrected chi connectivity index (χ4v) is 5.01. The third kappa shape index (κ3) is 7.61. The fraction of sp³-hybridized carbons (Fsp3) is 0.265. The molecule has 0 radical (unpaired) electrons. The molecule has 0 spiro atoms. The lowest BCUT2D eigenvalue weighted by atomic mass is 10.1. The van der Waals surface area contributed by atoms with Crippen LogP contribution >= 0.6 is 0 Å². The molecule has 10 nitrogen and oxygen atoms in total. The summed E-state index contributed by atoms with van der Waals surface area (Å²) in [5.74, 6) is 5.20. The van der Waals surface area contributed by atoms with Gasteiger partial charge in [-0.3, -0.25) is 9.59 Å². The summed E-state index contributed by atoms with van der Waals surface area (Å²) in [5.41, 5.74) is 8.25. The number of nitrogens with zero attached hydrogens (tertiary/aromatic N) is 4. The average molecular weight is 645 g/mol. The number of rotatable bonds is 4. The van der Waals surface area contributed by atoms with E-state index in [1.54, 1.807) is 58.2 Å². The molecule has 0 aliphatic carbocycles. The molecule has 0 unspecified atom stereocenters. The normalized spacial score (nSPS) is 13.0. The number of fused-ring (bicyclic) bond motifs is 1. The number of anilines is 2. The molecule has 0 saturated heterocycles. The predicted molar refractivity (Wildman–Crippen MR) is 168 cm³/mol. The summed E-state index contributed by atoms with van der Waals surface area (Å²) in [6, 6.07) is 12.8. The van der Waals surface area contributed by atoms with Gasteiger partial charge in [0.1, 0.15) is 11.3 Å². The minimum atomic E-state index is -4.45. The average Bonchev–Trinajstić information content (AvgIpc) is 3.32. The summed E-state index contributed by atoms with van der Waals surface area (Å²) in [4.78, 5) is 48.2. The van der Waals surface area contributed by atoms with Crippen LogP contribution in [0.15, 0.2) is 60.8 Å². The third-order valence-corrected chi connectivity index (χ3v) is 7.20. The van der Waals surface area contributed by atoms with Crippen molar-refractivity contribution in [2.24, 2.45) is 7.05 Å². The van der Waals surface area contributed by atoms with E-state index in [1.165, 1.54) is 18.3 Å². The van der Waals surface area contributed by atoms with Crippen LogP contribution in [-0.4, -0.2) is 49.5 Å². The van der Waals surface area contributed by atoms with Crippen molar-refractivity contribution >= 4 is 29.5 Å². The smallest absolute Gasteiger partial charge is 0.417 e. The Bertz CT molecular complexity index is 1930. The fourth-order valence-electron chi connectivity index (χ4n) is 5.01. The lowest BCUT2D eigenvalue weighted by Crippen LogP contribution is -2.44. The number of nitrogens with two attached hydrogens (primary N) is 1. The minimum absolute atomic E-state index is 0.00388. The summed E-state index contributed by atoms with van der Waals surface area (Å²) in [7, 11) is 1.79. The van der Waals surface area contributed by atoms with E-state index < -0.39 is 35.2 Å². The summed E-state index contributed by atoms with van der Waals surface area (Å²) in [6.07, 6.45) is -3.39. The highest BCUT2D eigenvalue weighted by Gasteiger charge is 2.35. The number of benzene rings is 2. The first-order valence-corrected chi connectivity index (χ1v) is 14.5. The Morgan fingerprint density at radius 2 is 1.79 bits per heavy atom. The van der Waals surface area contributed by atoms with Gasteiger partial charge in [-0.1, -0.05) is 30.0 Å². The monoisotopic (exact) mass is 644 g/mol. The molecule has 3 N–H and O–H groups in total. The van der Waals surface area contributed by atoms with Crippen LogP contribution in [0.3, 0.4) is 0 Å². The van der Waals surface area contributed by atoms with E-state index in [9.17, 15) is 27.6 Å². The Morgan fingerprint density at radius 1 is 1.06 bits per heavy atom. The summed E-state index contributed by atoms with van der Waals surface area (Å²) < 4.78 is 45.7. The molecule has 0 bridgehead atoms. The second-order valence-electron chi connectivity index (χ2n) is 11.9. The zero-order valence-electron chi connectivity index (χ0n) is 26.0. The molecule has 3 amide bonds. The Balaban J connectivity index is 1.36. The molecule has 47 heavy (non-hydrogen) atoms. The highest BCUT2D eigenvalue weighted by molar-refractivity contribution is 6.05.